The van der Waals surface area contributed by atoms with Crippen LogP contribution in [0.4, 0.5) is 17.5 Å². The highest BCUT2D eigenvalue weighted by Gasteiger charge is 2.30. The number of anilines is 3. The Labute approximate surface area is 114 Å². The fraction of sp³-hybridized carbons (Fsp3) is 0.364. The van der Waals surface area contributed by atoms with Crippen molar-refractivity contribution in [2.45, 2.75) is 18.4 Å². The number of aliphatic hydroxyl groups excluding tert-OH is 1. The number of carbonyl (C=O) groups excluding carboxylic acids is 1. The third-order valence-electron chi connectivity index (χ3n) is 2.93. The second kappa shape index (κ2) is 5.41. The Morgan fingerprint density at radius 2 is 2.37 bits per heavy atom. The van der Waals surface area contributed by atoms with Gasteiger partial charge in [0.25, 0.3) is 0 Å². The summed E-state index contributed by atoms with van der Waals surface area (Å²) in [6, 6.07) is 0. The Balaban J connectivity index is 2.37. The molecule has 1 heterocycles. The molecular weight excluding hydrogens is 270 g/mol. The van der Waals surface area contributed by atoms with Crippen LogP contribution in [0.25, 0.3) is 0 Å². The van der Waals surface area contributed by atoms with Gasteiger partial charge in [0.15, 0.2) is 11.0 Å². The molecule has 1 aromatic rings. The molecule has 0 bridgehead atoms. The van der Waals surface area contributed by atoms with Gasteiger partial charge in [0.05, 0.1) is 12.1 Å². The molecule has 7 nitrogen and oxygen atoms in total. The van der Waals surface area contributed by atoms with E-state index < -0.39 is 5.54 Å². The number of hydrogen-bond donors (Lipinski definition) is 4. The summed E-state index contributed by atoms with van der Waals surface area (Å²) in [5.74, 6) is 0.268. The number of halogens is 1. The number of amides is 1. The van der Waals surface area contributed by atoms with Crippen LogP contribution in [0.15, 0.2) is 12.2 Å². The maximum absolute atomic E-state index is 10.6. The zero-order chi connectivity index (χ0) is 13.9. The monoisotopic (exact) mass is 283 g/mol. The average molecular weight is 284 g/mol. The van der Waals surface area contributed by atoms with Crippen molar-refractivity contribution in [2.24, 2.45) is 0 Å². The van der Waals surface area contributed by atoms with Crippen molar-refractivity contribution in [2.75, 3.05) is 23.0 Å². The number of hydrogen-bond acceptors (Lipinski definition) is 6. The van der Waals surface area contributed by atoms with E-state index in [0.29, 0.717) is 12.8 Å². The Hall–Kier alpha value is -1.86. The van der Waals surface area contributed by atoms with E-state index in [0.717, 1.165) is 6.42 Å². The van der Waals surface area contributed by atoms with E-state index in [4.69, 9.17) is 17.3 Å². The number of carbonyl (C=O) groups is 1. The van der Waals surface area contributed by atoms with Gasteiger partial charge in [-0.1, -0.05) is 23.8 Å². The van der Waals surface area contributed by atoms with Crippen molar-refractivity contribution in [1.29, 1.82) is 0 Å². The van der Waals surface area contributed by atoms with Crippen LogP contribution in [-0.2, 0) is 4.79 Å². The molecule has 0 aliphatic heterocycles. The minimum atomic E-state index is -0.622. The second-order valence-electron chi connectivity index (χ2n) is 4.24. The van der Waals surface area contributed by atoms with Gasteiger partial charge in [-0.05, 0) is 12.8 Å². The number of aliphatic hydroxyl groups is 1. The van der Waals surface area contributed by atoms with Crippen LogP contribution in [0.5, 0.6) is 0 Å². The van der Waals surface area contributed by atoms with Crippen LogP contribution in [-0.4, -0.2) is 33.6 Å². The summed E-state index contributed by atoms with van der Waals surface area (Å²) >= 11 is 5.91. The molecule has 0 saturated carbocycles. The first-order valence-corrected chi connectivity index (χ1v) is 6.08. The van der Waals surface area contributed by atoms with Gasteiger partial charge in [-0.25, -0.2) is 0 Å². The van der Waals surface area contributed by atoms with E-state index in [1.54, 1.807) is 0 Å². The van der Waals surface area contributed by atoms with Gasteiger partial charge in [-0.15, -0.1) is 0 Å². The van der Waals surface area contributed by atoms with Crippen molar-refractivity contribution in [3.05, 3.63) is 17.3 Å². The van der Waals surface area contributed by atoms with Gasteiger partial charge in [-0.3, -0.25) is 4.79 Å². The first-order valence-electron chi connectivity index (χ1n) is 5.70. The summed E-state index contributed by atoms with van der Waals surface area (Å²) < 4.78 is 0. The predicted octanol–water partition coefficient (Wildman–Crippen LogP) is 0.773. The molecule has 1 aliphatic rings. The Kier molecular flexibility index (Phi) is 3.87. The number of nitrogens with zero attached hydrogens (tertiary/aromatic N) is 2. The van der Waals surface area contributed by atoms with Crippen LogP contribution in [0.1, 0.15) is 12.8 Å². The number of rotatable bonds is 5. The summed E-state index contributed by atoms with van der Waals surface area (Å²) in [6.07, 6.45) is 5.86. The number of allylic oxidation sites excluding steroid dienone is 1. The van der Waals surface area contributed by atoms with Crippen molar-refractivity contribution in [3.63, 3.8) is 0 Å². The highest BCUT2D eigenvalue weighted by Crippen LogP contribution is 2.33. The first kappa shape index (κ1) is 13.6. The fourth-order valence-electron chi connectivity index (χ4n) is 1.97. The van der Waals surface area contributed by atoms with Gasteiger partial charge in [0.2, 0.25) is 12.4 Å². The van der Waals surface area contributed by atoms with Crippen molar-refractivity contribution < 1.29 is 9.90 Å². The van der Waals surface area contributed by atoms with Gasteiger partial charge >= 0.3 is 0 Å². The van der Waals surface area contributed by atoms with E-state index in [2.05, 4.69) is 20.6 Å². The maximum Gasteiger partial charge on any atom is 0.223 e. The van der Waals surface area contributed by atoms with Crippen molar-refractivity contribution in [1.82, 2.24) is 9.97 Å². The molecule has 1 atom stereocenters. The summed E-state index contributed by atoms with van der Waals surface area (Å²) in [7, 11) is 0. The largest absolute Gasteiger partial charge is 0.394 e. The van der Waals surface area contributed by atoms with Gasteiger partial charge in [-0.2, -0.15) is 9.97 Å². The van der Waals surface area contributed by atoms with Gasteiger partial charge in [0, 0.05) is 0 Å². The molecule has 0 saturated heterocycles. The molecule has 0 spiro atoms. The zero-order valence-electron chi connectivity index (χ0n) is 10.1. The van der Waals surface area contributed by atoms with E-state index >= 15 is 0 Å². The highest BCUT2D eigenvalue weighted by atomic mass is 35.5. The first-order chi connectivity index (χ1) is 9.10. The van der Waals surface area contributed by atoms with E-state index in [1.807, 2.05) is 12.2 Å². The lowest BCUT2D eigenvalue weighted by molar-refractivity contribution is -0.105. The van der Waals surface area contributed by atoms with Crippen molar-refractivity contribution in [3.8, 4) is 0 Å². The summed E-state index contributed by atoms with van der Waals surface area (Å²) in [5, 5.41) is 15.1. The average Bonchev–Trinajstić information content (AvgIpc) is 2.83. The molecule has 8 heteroatoms. The molecule has 2 rings (SSSR count). The Bertz CT molecular complexity index is 522. The lowest BCUT2D eigenvalue weighted by Crippen LogP contribution is -2.38. The minimum Gasteiger partial charge on any atom is -0.394 e. The molecule has 0 aromatic carbocycles. The predicted molar refractivity (Wildman–Crippen MR) is 73.0 cm³/mol. The third-order valence-corrected chi connectivity index (χ3v) is 3.20. The molecule has 102 valence electrons. The van der Waals surface area contributed by atoms with Crippen molar-refractivity contribution >= 4 is 35.5 Å². The SMILES string of the molecule is Nc1nc(Cl)c(NC=O)c(N[C@]2(CO)C=CCC2)n1. The standard InChI is InChI=1S/C11H14ClN5O2/c12-8-7(14-6-19)9(16-10(13)15-8)17-11(5-18)3-1-2-4-11/h1,3,6,18H,2,4-5H2,(H,14,19)(H3,13,15,16,17)/t11-/m1/s1. The topological polar surface area (TPSA) is 113 Å². The number of nitrogens with two attached hydrogens (primary N) is 1. The maximum atomic E-state index is 10.6. The highest BCUT2D eigenvalue weighted by molar-refractivity contribution is 6.33. The van der Waals surface area contributed by atoms with Gasteiger partial charge < -0.3 is 21.5 Å². The molecule has 1 amide bonds. The zero-order valence-corrected chi connectivity index (χ0v) is 10.8. The van der Waals surface area contributed by atoms with Crippen LogP contribution >= 0.6 is 11.6 Å². The minimum absolute atomic E-state index is 0.0148. The summed E-state index contributed by atoms with van der Waals surface area (Å²) in [6.45, 7) is -0.106. The van der Waals surface area contributed by atoms with E-state index in [-0.39, 0.29) is 29.2 Å². The fourth-order valence-corrected chi connectivity index (χ4v) is 2.20. The Morgan fingerprint density at radius 3 is 2.95 bits per heavy atom. The molecule has 0 unspecified atom stereocenters. The quantitative estimate of drug-likeness (QED) is 0.361. The lowest BCUT2D eigenvalue weighted by atomic mass is 10.0. The van der Waals surface area contributed by atoms with Gasteiger partial charge in [0.1, 0.15) is 5.69 Å². The molecule has 0 radical (unpaired) electrons. The molecular formula is C11H14ClN5O2. The van der Waals surface area contributed by atoms with Crippen LogP contribution < -0.4 is 16.4 Å². The number of nitrogen functional groups attached to an aromatic ring is 1. The summed E-state index contributed by atoms with van der Waals surface area (Å²) in [5.41, 5.74) is 5.15. The third kappa shape index (κ3) is 2.77. The summed E-state index contributed by atoms with van der Waals surface area (Å²) in [4.78, 5) is 18.4. The Morgan fingerprint density at radius 1 is 1.58 bits per heavy atom. The van der Waals surface area contributed by atoms with Crippen LogP contribution in [0, 0.1) is 0 Å². The lowest BCUT2D eigenvalue weighted by Gasteiger charge is -2.28. The molecule has 5 N–H and O–H groups in total. The number of aromatic nitrogens is 2. The number of nitrogens with one attached hydrogen (secondary N) is 2. The second-order valence-corrected chi connectivity index (χ2v) is 4.60. The van der Waals surface area contributed by atoms with E-state index in [9.17, 15) is 9.90 Å². The normalized spacial score (nSPS) is 21.4. The molecule has 1 aromatic heterocycles. The molecule has 19 heavy (non-hydrogen) atoms. The smallest absolute Gasteiger partial charge is 0.223 e. The van der Waals surface area contributed by atoms with E-state index in [1.165, 1.54) is 0 Å². The molecule has 1 aliphatic carbocycles. The van der Waals surface area contributed by atoms with Crippen LogP contribution in [0.2, 0.25) is 5.15 Å². The van der Waals surface area contributed by atoms with Crippen LogP contribution in [0.3, 0.4) is 0 Å². The molecule has 0 fully saturated rings.